The van der Waals surface area contributed by atoms with E-state index in [1.165, 1.54) is 39.4 Å². The second-order valence-corrected chi connectivity index (χ2v) is 8.89. The summed E-state index contributed by atoms with van der Waals surface area (Å²) in [7, 11) is 0.369. The predicted molar refractivity (Wildman–Crippen MR) is 109 cm³/mol. The summed E-state index contributed by atoms with van der Waals surface area (Å²) >= 11 is 11.9. The van der Waals surface area contributed by atoms with Gasteiger partial charge in [0.2, 0.25) is 10.0 Å². The number of amides is 1. The number of hydrogen-bond donors (Lipinski definition) is 1. The largest absolute Gasteiger partial charge is 0.495 e. The van der Waals surface area contributed by atoms with Crippen LogP contribution in [0.25, 0.3) is 0 Å². The van der Waals surface area contributed by atoms with Crippen LogP contribution in [0.2, 0.25) is 10.0 Å². The number of methoxy groups -OCH3 is 1. The van der Waals surface area contributed by atoms with Gasteiger partial charge >= 0.3 is 5.97 Å². The SMILES string of the molecule is COc1ccc(Cl)cc1NC(=O)COC(=O)c1cc(S(=O)(=O)N(C)C)ccc1Cl. The van der Waals surface area contributed by atoms with Gasteiger partial charge in [0.05, 0.1) is 28.3 Å². The minimum Gasteiger partial charge on any atom is -0.495 e. The number of nitrogens with zero attached hydrogens (tertiary/aromatic N) is 1. The smallest absolute Gasteiger partial charge is 0.340 e. The zero-order chi connectivity index (χ0) is 21.8. The molecule has 0 bridgehead atoms. The maximum atomic E-state index is 12.3. The second kappa shape index (κ2) is 9.45. The van der Waals surface area contributed by atoms with Gasteiger partial charge in [0.1, 0.15) is 5.75 Å². The third-order valence-corrected chi connectivity index (χ3v) is 6.08. The number of sulfonamides is 1. The first kappa shape index (κ1) is 23.0. The lowest BCUT2D eigenvalue weighted by Gasteiger charge is -2.13. The van der Waals surface area contributed by atoms with Crippen LogP contribution in [0.3, 0.4) is 0 Å². The van der Waals surface area contributed by atoms with Gasteiger partial charge in [0.15, 0.2) is 6.61 Å². The van der Waals surface area contributed by atoms with E-state index >= 15 is 0 Å². The second-order valence-electron chi connectivity index (χ2n) is 5.90. The Morgan fingerprint density at radius 1 is 1.10 bits per heavy atom. The number of nitrogens with one attached hydrogen (secondary N) is 1. The first-order valence-corrected chi connectivity index (χ1v) is 10.3. The van der Waals surface area contributed by atoms with E-state index in [1.54, 1.807) is 12.1 Å². The molecule has 1 amide bonds. The molecule has 2 aromatic rings. The number of esters is 1. The number of halogens is 2. The van der Waals surface area contributed by atoms with Crippen LogP contribution < -0.4 is 10.1 Å². The minimum atomic E-state index is -3.77. The zero-order valence-electron chi connectivity index (χ0n) is 15.7. The van der Waals surface area contributed by atoms with E-state index in [9.17, 15) is 18.0 Å². The molecule has 0 atom stereocenters. The number of benzene rings is 2. The summed E-state index contributed by atoms with van der Waals surface area (Å²) in [5, 5.41) is 2.88. The Morgan fingerprint density at radius 3 is 2.41 bits per heavy atom. The molecular formula is C18H18Cl2N2O6S. The molecule has 1 N–H and O–H groups in total. The van der Waals surface area contributed by atoms with E-state index in [-0.39, 0.29) is 15.5 Å². The van der Waals surface area contributed by atoms with Crippen LogP contribution in [-0.2, 0) is 19.6 Å². The lowest BCUT2D eigenvalue weighted by atomic mass is 10.2. The molecule has 0 saturated carbocycles. The van der Waals surface area contributed by atoms with Gasteiger partial charge in [-0.25, -0.2) is 17.5 Å². The summed E-state index contributed by atoms with van der Waals surface area (Å²) in [4.78, 5) is 24.3. The molecule has 8 nitrogen and oxygen atoms in total. The van der Waals surface area contributed by atoms with Crippen LogP contribution in [0.5, 0.6) is 5.75 Å². The number of ether oxygens (including phenoxy) is 2. The van der Waals surface area contributed by atoms with Crippen LogP contribution in [0.4, 0.5) is 5.69 Å². The number of carbonyl (C=O) groups is 2. The molecule has 2 aromatic carbocycles. The number of anilines is 1. The van der Waals surface area contributed by atoms with Crippen molar-refractivity contribution < 1.29 is 27.5 Å². The highest BCUT2D eigenvalue weighted by atomic mass is 35.5. The van der Waals surface area contributed by atoms with E-state index in [4.69, 9.17) is 32.7 Å². The van der Waals surface area contributed by atoms with Crippen LogP contribution in [0.15, 0.2) is 41.3 Å². The van der Waals surface area contributed by atoms with Gasteiger partial charge in [-0.15, -0.1) is 0 Å². The standard InChI is InChI=1S/C18H18Cl2N2O6S/c1-22(2)29(25,26)12-5-6-14(20)13(9-12)18(24)28-10-17(23)21-15-8-11(19)4-7-16(15)27-3/h4-9H,10H2,1-3H3,(H,21,23). The summed E-state index contributed by atoms with van der Waals surface area (Å²) in [6.45, 7) is -0.629. The third kappa shape index (κ3) is 5.60. The van der Waals surface area contributed by atoms with E-state index in [1.807, 2.05) is 0 Å². The Balaban J connectivity index is 2.11. The molecule has 0 saturated heterocycles. The van der Waals surface area contributed by atoms with Crippen LogP contribution in [-0.4, -0.2) is 52.4 Å². The Morgan fingerprint density at radius 2 is 1.79 bits per heavy atom. The third-order valence-electron chi connectivity index (χ3n) is 3.71. The Labute approximate surface area is 178 Å². The summed E-state index contributed by atoms with van der Waals surface area (Å²) in [5.41, 5.74) is 0.126. The number of hydrogen-bond acceptors (Lipinski definition) is 6. The molecule has 0 fully saturated rings. The minimum absolute atomic E-state index is 0.00961. The normalized spacial score (nSPS) is 11.2. The first-order chi connectivity index (χ1) is 13.6. The average Bonchev–Trinajstić information content (AvgIpc) is 2.66. The van der Waals surface area contributed by atoms with Crippen molar-refractivity contribution in [3.8, 4) is 5.75 Å². The predicted octanol–water partition coefficient (Wildman–Crippen LogP) is 3.05. The Kier molecular flexibility index (Phi) is 7.48. The van der Waals surface area contributed by atoms with Crippen molar-refractivity contribution in [1.82, 2.24) is 4.31 Å². The summed E-state index contributed by atoms with van der Waals surface area (Å²) in [6.07, 6.45) is 0. The van der Waals surface area contributed by atoms with Gasteiger partial charge in [-0.1, -0.05) is 23.2 Å². The van der Waals surface area contributed by atoms with E-state index in [0.717, 1.165) is 10.4 Å². The van der Waals surface area contributed by atoms with E-state index in [0.29, 0.717) is 16.5 Å². The molecule has 0 aliphatic heterocycles. The van der Waals surface area contributed by atoms with Crippen LogP contribution in [0, 0.1) is 0 Å². The number of carbonyl (C=O) groups excluding carboxylic acids is 2. The number of rotatable bonds is 7. The molecule has 0 heterocycles. The van der Waals surface area contributed by atoms with Crippen molar-refractivity contribution in [2.75, 3.05) is 33.1 Å². The van der Waals surface area contributed by atoms with E-state index < -0.39 is 28.5 Å². The first-order valence-electron chi connectivity index (χ1n) is 8.09. The van der Waals surface area contributed by atoms with Gasteiger partial charge in [-0.2, -0.15) is 0 Å². The van der Waals surface area contributed by atoms with Crippen LogP contribution >= 0.6 is 23.2 Å². The van der Waals surface area contributed by atoms with Gasteiger partial charge in [0.25, 0.3) is 5.91 Å². The molecule has 11 heteroatoms. The molecule has 29 heavy (non-hydrogen) atoms. The van der Waals surface area contributed by atoms with Crippen molar-refractivity contribution in [1.29, 1.82) is 0 Å². The van der Waals surface area contributed by atoms with Crippen LogP contribution in [0.1, 0.15) is 10.4 Å². The topological polar surface area (TPSA) is 102 Å². The lowest BCUT2D eigenvalue weighted by Crippen LogP contribution is -2.23. The fourth-order valence-corrected chi connectivity index (χ4v) is 3.50. The van der Waals surface area contributed by atoms with Gasteiger partial charge in [-0.05, 0) is 36.4 Å². The highest BCUT2D eigenvalue weighted by molar-refractivity contribution is 7.89. The molecular weight excluding hydrogens is 443 g/mol. The van der Waals surface area contributed by atoms with Gasteiger partial charge in [0, 0.05) is 19.1 Å². The van der Waals surface area contributed by atoms with Gasteiger partial charge < -0.3 is 14.8 Å². The Hall–Kier alpha value is -2.33. The van der Waals surface area contributed by atoms with Crippen molar-refractivity contribution in [2.45, 2.75) is 4.90 Å². The highest BCUT2D eigenvalue weighted by Crippen LogP contribution is 2.27. The summed E-state index contributed by atoms with van der Waals surface area (Å²) in [6, 6.07) is 8.27. The summed E-state index contributed by atoms with van der Waals surface area (Å²) < 4.78 is 35.5. The van der Waals surface area contributed by atoms with Crippen molar-refractivity contribution in [2.24, 2.45) is 0 Å². The molecule has 0 aliphatic rings. The average molecular weight is 461 g/mol. The van der Waals surface area contributed by atoms with Crippen molar-refractivity contribution >= 4 is 50.8 Å². The molecule has 156 valence electrons. The van der Waals surface area contributed by atoms with Crippen molar-refractivity contribution in [3.05, 3.63) is 52.0 Å². The molecule has 0 unspecified atom stereocenters. The maximum absolute atomic E-state index is 12.3. The lowest BCUT2D eigenvalue weighted by molar-refractivity contribution is -0.119. The molecule has 0 radical (unpaired) electrons. The maximum Gasteiger partial charge on any atom is 0.340 e. The summed E-state index contributed by atoms with van der Waals surface area (Å²) in [5.74, 6) is -1.22. The monoisotopic (exact) mass is 460 g/mol. The molecule has 0 aromatic heterocycles. The quantitative estimate of drug-likeness (QED) is 0.636. The van der Waals surface area contributed by atoms with Crippen molar-refractivity contribution in [3.63, 3.8) is 0 Å². The van der Waals surface area contributed by atoms with Gasteiger partial charge in [-0.3, -0.25) is 4.79 Å². The molecule has 0 aliphatic carbocycles. The molecule has 0 spiro atoms. The Bertz CT molecular complexity index is 1040. The fraction of sp³-hybridized carbons (Fsp3) is 0.222. The van der Waals surface area contributed by atoms with E-state index in [2.05, 4.69) is 5.32 Å². The fourth-order valence-electron chi connectivity index (χ4n) is 2.21. The zero-order valence-corrected chi connectivity index (χ0v) is 18.1. The highest BCUT2D eigenvalue weighted by Gasteiger charge is 2.22. The molecule has 2 rings (SSSR count).